The first-order valence-electron chi connectivity index (χ1n) is 6.06. The van der Waals surface area contributed by atoms with E-state index in [2.05, 4.69) is 0 Å². The van der Waals surface area contributed by atoms with Crippen LogP contribution >= 0.6 is 0 Å². The molecule has 1 N–H and O–H groups in total. The molecule has 0 atom stereocenters. The van der Waals surface area contributed by atoms with Crippen molar-refractivity contribution in [2.75, 3.05) is 4.72 Å². The van der Waals surface area contributed by atoms with E-state index in [0.717, 1.165) is 17.7 Å². The number of sulfonamides is 1. The standard InChI is InChI=1S/C14H11F4NO2S/c1-9-5-7-10(8-6-9)22(20,21)19-12-4-2-3-11(13(12)15)14(16,17)18/h2-8,19H,1H3. The van der Waals surface area contributed by atoms with Crippen LogP contribution in [0.1, 0.15) is 11.1 Å². The number of anilines is 1. The molecule has 0 spiro atoms. The summed E-state index contributed by atoms with van der Waals surface area (Å²) in [5, 5.41) is 0. The molecule has 118 valence electrons. The van der Waals surface area contributed by atoms with Gasteiger partial charge in [0, 0.05) is 0 Å². The lowest BCUT2D eigenvalue weighted by Crippen LogP contribution is -2.16. The zero-order valence-corrected chi connectivity index (χ0v) is 12.1. The SMILES string of the molecule is Cc1ccc(S(=O)(=O)Nc2cccc(C(F)(F)F)c2F)cc1. The zero-order chi connectivity index (χ0) is 16.5. The highest BCUT2D eigenvalue weighted by molar-refractivity contribution is 7.92. The Labute approximate surface area is 124 Å². The van der Waals surface area contributed by atoms with Crippen LogP contribution in [0.3, 0.4) is 0 Å². The second-order valence-corrected chi connectivity index (χ2v) is 6.27. The smallest absolute Gasteiger partial charge is 0.277 e. The predicted molar refractivity (Wildman–Crippen MR) is 73.4 cm³/mol. The summed E-state index contributed by atoms with van der Waals surface area (Å²) in [5.41, 5.74) is -1.48. The number of hydrogen-bond acceptors (Lipinski definition) is 2. The van der Waals surface area contributed by atoms with E-state index in [1.807, 2.05) is 4.72 Å². The molecule has 0 unspecified atom stereocenters. The predicted octanol–water partition coefficient (Wildman–Crippen LogP) is 3.95. The maximum absolute atomic E-state index is 13.8. The van der Waals surface area contributed by atoms with Crippen LogP contribution in [0.2, 0.25) is 0 Å². The first-order valence-corrected chi connectivity index (χ1v) is 7.55. The zero-order valence-electron chi connectivity index (χ0n) is 11.3. The number of hydrogen-bond donors (Lipinski definition) is 1. The summed E-state index contributed by atoms with van der Waals surface area (Å²) in [7, 11) is -4.17. The van der Waals surface area contributed by atoms with Gasteiger partial charge in [-0.2, -0.15) is 13.2 Å². The molecule has 2 aromatic rings. The molecular formula is C14H11F4NO2S. The van der Waals surface area contributed by atoms with E-state index >= 15 is 0 Å². The number of alkyl halides is 3. The molecule has 0 amide bonds. The van der Waals surface area contributed by atoms with Crippen molar-refractivity contribution in [3.63, 3.8) is 0 Å². The van der Waals surface area contributed by atoms with Gasteiger partial charge in [0.2, 0.25) is 0 Å². The molecule has 0 aliphatic heterocycles. The number of nitrogens with one attached hydrogen (secondary N) is 1. The normalized spacial score (nSPS) is 12.2. The highest BCUT2D eigenvalue weighted by Crippen LogP contribution is 2.34. The molecule has 2 aromatic carbocycles. The van der Waals surface area contributed by atoms with Crippen molar-refractivity contribution in [3.05, 3.63) is 59.4 Å². The second-order valence-electron chi connectivity index (χ2n) is 4.58. The third-order valence-corrected chi connectivity index (χ3v) is 4.26. The fourth-order valence-corrected chi connectivity index (χ4v) is 2.81. The molecule has 3 nitrogen and oxygen atoms in total. The number of halogens is 4. The van der Waals surface area contributed by atoms with Crippen molar-refractivity contribution in [2.24, 2.45) is 0 Å². The first-order chi connectivity index (χ1) is 10.1. The molecule has 0 saturated carbocycles. The van der Waals surface area contributed by atoms with Gasteiger partial charge in [0.1, 0.15) is 0 Å². The van der Waals surface area contributed by atoms with Crippen molar-refractivity contribution in [1.29, 1.82) is 0 Å². The fourth-order valence-electron chi connectivity index (χ4n) is 1.75. The maximum atomic E-state index is 13.8. The topological polar surface area (TPSA) is 46.2 Å². The number of benzene rings is 2. The van der Waals surface area contributed by atoms with E-state index in [1.54, 1.807) is 6.92 Å². The van der Waals surface area contributed by atoms with Gasteiger partial charge in [-0.15, -0.1) is 0 Å². The Morgan fingerprint density at radius 3 is 2.14 bits per heavy atom. The third kappa shape index (κ3) is 3.38. The molecule has 0 radical (unpaired) electrons. The summed E-state index contributed by atoms with van der Waals surface area (Å²) in [6, 6.07) is 8.01. The molecule has 22 heavy (non-hydrogen) atoms. The lowest BCUT2D eigenvalue weighted by molar-refractivity contribution is -0.139. The summed E-state index contributed by atoms with van der Waals surface area (Å²) in [4.78, 5) is -0.171. The van der Waals surface area contributed by atoms with E-state index in [1.165, 1.54) is 24.3 Å². The molecule has 0 aliphatic carbocycles. The van der Waals surface area contributed by atoms with Crippen LogP contribution in [0.15, 0.2) is 47.4 Å². The fraction of sp³-hybridized carbons (Fsp3) is 0.143. The molecule has 2 rings (SSSR count). The average Bonchev–Trinajstić information content (AvgIpc) is 2.40. The number of rotatable bonds is 3. The minimum Gasteiger partial charge on any atom is -0.277 e. The van der Waals surface area contributed by atoms with Crippen LogP contribution in [0.5, 0.6) is 0 Å². The maximum Gasteiger partial charge on any atom is 0.419 e. The van der Waals surface area contributed by atoms with Crippen LogP contribution in [-0.2, 0) is 16.2 Å². The van der Waals surface area contributed by atoms with E-state index in [9.17, 15) is 26.0 Å². The van der Waals surface area contributed by atoms with Crippen LogP contribution < -0.4 is 4.72 Å². The Kier molecular flexibility index (Phi) is 4.15. The third-order valence-electron chi connectivity index (χ3n) is 2.88. The summed E-state index contributed by atoms with van der Waals surface area (Å²) in [5.74, 6) is -1.66. The van der Waals surface area contributed by atoms with Gasteiger partial charge >= 0.3 is 6.18 Å². The van der Waals surface area contributed by atoms with Crippen LogP contribution in [0.4, 0.5) is 23.2 Å². The monoisotopic (exact) mass is 333 g/mol. The van der Waals surface area contributed by atoms with Gasteiger partial charge in [0.15, 0.2) is 5.82 Å². The molecule has 0 fully saturated rings. The molecule has 0 heterocycles. The Balaban J connectivity index is 2.40. The van der Waals surface area contributed by atoms with E-state index < -0.39 is 33.3 Å². The minimum atomic E-state index is -4.91. The Morgan fingerprint density at radius 1 is 1.00 bits per heavy atom. The van der Waals surface area contributed by atoms with E-state index in [-0.39, 0.29) is 4.90 Å². The molecule has 0 aromatic heterocycles. The Bertz CT molecular complexity index is 783. The minimum absolute atomic E-state index is 0.171. The van der Waals surface area contributed by atoms with Gasteiger partial charge in [-0.1, -0.05) is 23.8 Å². The largest absolute Gasteiger partial charge is 0.419 e. The Morgan fingerprint density at radius 2 is 1.59 bits per heavy atom. The van der Waals surface area contributed by atoms with Crippen molar-refractivity contribution < 1.29 is 26.0 Å². The van der Waals surface area contributed by atoms with Crippen LogP contribution in [0, 0.1) is 12.7 Å². The average molecular weight is 333 g/mol. The van der Waals surface area contributed by atoms with Gasteiger partial charge in [-0.25, -0.2) is 12.8 Å². The lowest BCUT2D eigenvalue weighted by Gasteiger charge is -2.13. The molecular weight excluding hydrogens is 322 g/mol. The molecule has 0 saturated heterocycles. The van der Waals surface area contributed by atoms with Gasteiger partial charge in [-0.3, -0.25) is 4.72 Å². The summed E-state index contributed by atoms with van der Waals surface area (Å²) < 4.78 is 77.6. The van der Waals surface area contributed by atoms with Gasteiger partial charge in [-0.05, 0) is 31.2 Å². The molecule has 0 aliphatic rings. The summed E-state index contributed by atoms with van der Waals surface area (Å²) >= 11 is 0. The number of aryl methyl sites for hydroxylation is 1. The van der Waals surface area contributed by atoms with Crippen LogP contribution in [0.25, 0.3) is 0 Å². The highest BCUT2D eigenvalue weighted by atomic mass is 32.2. The van der Waals surface area contributed by atoms with Crippen molar-refractivity contribution in [3.8, 4) is 0 Å². The van der Waals surface area contributed by atoms with Gasteiger partial charge < -0.3 is 0 Å². The van der Waals surface area contributed by atoms with Crippen molar-refractivity contribution >= 4 is 15.7 Å². The lowest BCUT2D eigenvalue weighted by atomic mass is 10.2. The molecule has 8 heteroatoms. The van der Waals surface area contributed by atoms with E-state index in [4.69, 9.17) is 0 Å². The highest BCUT2D eigenvalue weighted by Gasteiger charge is 2.35. The molecule has 0 bridgehead atoms. The van der Waals surface area contributed by atoms with Gasteiger partial charge in [0.05, 0.1) is 16.1 Å². The van der Waals surface area contributed by atoms with Crippen molar-refractivity contribution in [1.82, 2.24) is 0 Å². The second kappa shape index (κ2) is 5.60. The van der Waals surface area contributed by atoms with E-state index in [0.29, 0.717) is 6.07 Å². The first kappa shape index (κ1) is 16.3. The van der Waals surface area contributed by atoms with Gasteiger partial charge in [0.25, 0.3) is 10.0 Å². The van der Waals surface area contributed by atoms with Crippen LogP contribution in [-0.4, -0.2) is 8.42 Å². The quantitative estimate of drug-likeness (QED) is 0.865. The summed E-state index contributed by atoms with van der Waals surface area (Å²) in [6.07, 6.45) is -4.91. The van der Waals surface area contributed by atoms with Crippen molar-refractivity contribution in [2.45, 2.75) is 18.0 Å². The summed E-state index contributed by atoms with van der Waals surface area (Å²) in [6.45, 7) is 1.75. The Hall–Kier alpha value is -2.09.